The lowest BCUT2D eigenvalue weighted by Gasteiger charge is -2.30. The zero-order valence-corrected chi connectivity index (χ0v) is 11.2. The van der Waals surface area contributed by atoms with Gasteiger partial charge >= 0.3 is 5.97 Å². The Morgan fingerprint density at radius 3 is 3.00 bits per heavy atom. The molecule has 1 aromatic rings. The van der Waals surface area contributed by atoms with Crippen LogP contribution in [0.15, 0.2) is 18.2 Å². The zero-order valence-electron chi connectivity index (χ0n) is 10.5. The summed E-state index contributed by atoms with van der Waals surface area (Å²) in [6, 6.07) is 4.47. The fraction of sp³-hybridized carbons (Fsp3) is 0.417. The lowest BCUT2D eigenvalue weighted by molar-refractivity contribution is -0.385. The highest BCUT2D eigenvalue weighted by Crippen LogP contribution is 2.25. The third-order valence-electron chi connectivity index (χ3n) is 3.06. The van der Waals surface area contributed by atoms with Crippen LogP contribution in [0.25, 0.3) is 0 Å². The van der Waals surface area contributed by atoms with E-state index in [2.05, 4.69) is 0 Å². The van der Waals surface area contributed by atoms with E-state index in [-0.39, 0.29) is 12.2 Å². The van der Waals surface area contributed by atoms with Gasteiger partial charge < -0.3 is 9.84 Å². The van der Waals surface area contributed by atoms with E-state index >= 15 is 0 Å². The van der Waals surface area contributed by atoms with E-state index in [0.717, 1.165) is 0 Å². The van der Waals surface area contributed by atoms with Gasteiger partial charge in [0.1, 0.15) is 0 Å². The molecule has 108 valence electrons. The van der Waals surface area contributed by atoms with Crippen LogP contribution in [0, 0.1) is 10.1 Å². The Labute approximate surface area is 119 Å². The van der Waals surface area contributed by atoms with E-state index in [1.807, 2.05) is 4.90 Å². The van der Waals surface area contributed by atoms with Crippen LogP contribution in [0.5, 0.6) is 0 Å². The summed E-state index contributed by atoms with van der Waals surface area (Å²) in [5, 5.41) is 20.2. The Balaban J connectivity index is 2.13. The van der Waals surface area contributed by atoms with Crippen LogP contribution in [-0.4, -0.2) is 46.7 Å². The molecular formula is C12H13ClN2O5. The molecule has 1 aliphatic rings. The van der Waals surface area contributed by atoms with Crippen molar-refractivity contribution in [1.82, 2.24) is 4.90 Å². The maximum atomic E-state index is 11.0. The van der Waals surface area contributed by atoms with E-state index < -0.39 is 17.0 Å². The lowest BCUT2D eigenvalue weighted by atomic mass is 10.1. The topological polar surface area (TPSA) is 92.9 Å². The second-order valence-electron chi connectivity index (χ2n) is 4.46. The Kier molecular flexibility index (Phi) is 4.53. The number of nitro benzene ring substituents is 1. The summed E-state index contributed by atoms with van der Waals surface area (Å²) in [6.07, 6.45) is -0.893. The number of aliphatic carboxylic acids is 1. The molecule has 2 rings (SSSR count). The number of carboxylic acids is 1. The van der Waals surface area contributed by atoms with Crippen molar-refractivity contribution in [3.8, 4) is 0 Å². The summed E-state index contributed by atoms with van der Waals surface area (Å²) >= 11 is 5.75. The first-order chi connectivity index (χ1) is 9.47. The van der Waals surface area contributed by atoms with Crippen molar-refractivity contribution in [2.75, 3.05) is 19.7 Å². The summed E-state index contributed by atoms with van der Waals surface area (Å²) in [7, 11) is 0. The van der Waals surface area contributed by atoms with Crippen molar-refractivity contribution < 1.29 is 19.6 Å². The molecule has 1 atom stereocenters. The van der Waals surface area contributed by atoms with Crippen LogP contribution in [0.1, 0.15) is 5.56 Å². The summed E-state index contributed by atoms with van der Waals surface area (Å²) < 4.78 is 5.11. The van der Waals surface area contributed by atoms with Crippen molar-refractivity contribution in [2.45, 2.75) is 12.6 Å². The maximum Gasteiger partial charge on any atom is 0.334 e. The Hall–Kier alpha value is -1.70. The number of nitro groups is 1. The highest BCUT2D eigenvalue weighted by Gasteiger charge is 2.27. The normalized spacial score (nSPS) is 19.8. The van der Waals surface area contributed by atoms with Crippen LogP contribution < -0.4 is 0 Å². The Bertz CT molecular complexity index is 537. The molecule has 1 aromatic carbocycles. The number of carbonyl (C=O) groups is 1. The van der Waals surface area contributed by atoms with Gasteiger partial charge in [0.2, 0.25) is 0 Å². The van der Waals surface area contributed by atoms with Crippen LogP contribution in [-0.2, 0) is 16.1 Å². The number of nitrogens with zero attached hydrogens (tertiary/aromatic N) is 2. The largest absolute Gasteiger partial charge is 0.479 e. The number of benzene rings is 1. The van der Waals surface area contributed by atoms with E-state index in [4.69, 9.17) is 21.4 Å². The zero-order chi connectivity index (χ0) is 14.7. The van der Waals surface area contributed by atoms with E-state index in [1.54, 1.807) is 12.1 Å². The molecule has 1 saturated heterocycles. The minimum atomic E-state index is -1.03. The van der Waals surface area contributed by atoms with E-state index in [0.29, 0.717) is 30.3 Å². The average molecular weight is 301 g/mol. The lowest BCUT2D eigenvalue weighted by Crippen LogP contribution is -2.45. The number of rotatable bonds is 4. The van der Waals surface area contributed by atoms with E-state index in [9.17, 15) is 14.9 Å². The first kappa shape index (κ1) is 14.7. The molecule has 1 N–H and O–H groups in total. The summed E-state index contributed by atoms with van der Waals surface area (Å²) in [5.74, 6) is -1.03. The number of ether oxygens (including phenoxy) is 1. The average Bonchev–Trinajstić information content (AvgIpc) is 2.41. The van der Waals surface area contributed by atoms with Gasteiger partial charge in [-0.3, -0.25) is 15.0 Å². The molecule has 0 aromatic heterocycles. The molecule has 1 fully saturated rings. The van der Waals surface area contributed by atoms with Crippen molar-refractivity contribution >= 4 is 23.3 Å². The molecule has 0 spiro atoms. The monoisotopic (exact) mass is 300 g/mol. The molecule has 8 heteroatoms. The van der Waals surface area contributed by atoms with Gasteiger partial charge in [-0.05, 0) is 12.1 Å². The number of hydrogen-bond donors (Lipinski definition) is 1. The second kappa shape index (κ2) is 6.17. The maximum absolute atomic E-state index is 11.0. The minimum Gasteiger partial charge on any atom is -0.479 e. The standard InChI is InChI=1S/C12H13ClN2O5/c13-9-2-1-8(10(5-9)15(18)19)6-14-3-4-20-11(7-14)12(16)17/h1-2,5,11H,3-4,6-7H2,(H,16,17). The smallest absolute Gasteiger partial charge is 0.334 e. The third kappa shape index (κ3) is 3.44. The molecule has 0 radical (unpaired) electrons. The third-order valence-corrected chi connectivity index (χ3v) is 3.30. The molecule has 0 amide bonds. The van der Waals surface area contributed by atoms with Crippen LogP contribution >= 0.6 is 11.6 Å². The van der Waals surface area contributed by atoms with Gasteiger partial charge in [0.05, 0.1) is 11.5 Å². The highest BCUT2D eigenvalue weighted by atomic mass is 35.5. The van der Waals surface area contributed by atoms with Crippen molar-refractivity contribution in [3.05, 3.63) is 38.9 Å². The predicted molar refractivity (Wildman–Crippen MR) is 70.8 cm³/mol. The van der Waals surface area contributed by atoms with Gasteiger partial charge in [-0.2, -0.15) is 0 Å². The van der Waals surface area contributed by atoms with Crippen molar-refractivity contribution in [2.24, 2.45) is 0 Å². The molecule has 0 saturated carbocycles. The Morgan fingerprint density at radius 2 is 2.35 bits per heavy atom. The number of halogens is 1. The van der Waals surface area contributed by atoms with Gasteiger partial charge in [-0.25, -0.2) is 4.79 Å². The van der Waals surface area contributed by atoms with Crippen LogP contribution in [0.3, 0.4) is 0 Å². The van der Waals surface area contributed by atoms with Gasteiger partial charge in [0.25, 0.3) is 5.69 Å². The van der Waals surface area contributed by atoms with Crippen LogP contribution in [0.4, 0.5) is 5.69 Å². The molecule has 1 aliphatic heterocycles. The van der Waals surface area contributed by atoms with Crippen molar-refractivity contribution in [1.29, 1.82) is 0 Å². The summed E-state index contributed by atoms with van der Waals surface area (Å²) in [5.41, 5.74) is 0.446. The second-order valence-corrected chi connectivity index (χ2v) is 4.90. The first-order valence-electron chi connectivity index (χ1n) is 5.97. The number of morpholine rings is 1. The highest BCUT2D eigenvalue weighted by molar-refractivity contribution is 6.30. The van der Waals surface area contributed by atoms with Gasteiger partial charge in [-0.1, -0.05) is 11.6 Å². The fourth-order valence-corrected chi connectivity index (χ4v) is 2.24. The molecule has 1 heterocycles. The number of hydrogen-bond acceptors (Lipinski definition) is 5. The molecule has 0 aliphatic carbocycles. The summed E-state index contributed by atoms with van der Waals surface area (Å²) in [4.78, 5) is 23.2. The number of carboxylic acid groups (broad SMARTS) is 1. The summed E-state index contributed by atoms with van der Waals surface area (Å²) in [6.45, 7) is 1.32. The van der Waals surface area contributed by atoms with Crippen LogP contribution in [0.2, 0.25) is 5.02 Å². The SMILES string of the molecule is O=C(O)C1CN(Cc2ccc(Cl)cc2[N+](=O)[O-])CCO1. The van der Waals surface area contributed by atoms with E-state index in [1.165, 1.54) is 6.07 Å². The molecule has 1 unspecified atom stereocenters. The molecule has 20 heavy (non-hydrogen) atoms. The molecule has 0 bridgehead atoms. The molecular weight excluding hydrogens is 288 g/mol. The Morgan fingerprint density at radius 1 is 1.60 bits per heavy atom. The van der Waals surface area contributed by atoms with Gasteiger partial charge in [0, 0.05) is 36.3 Å². The first-order valence-corrected chi connectivity index (χ1v) is 6.35. The van der Waals surface area contributed by atoms with Gasteiger partial charge in [0.15, 0.2) is 6.10 Å². The van der Waals surface area contributed by atoms with Gasteiger partial charge in [-0.15, -0.1) is 0 Å². The predicted octanol–water partition coefficient (Wildman–Crippen LogP) is 1.53. The van der Waals surface area contributed by atoms with Crippen molar-refractivity contribution in [3.63, 3.8) is 0 Å². The molecule has 7 nitrogen and oxygen atoms in total. The quantitative estimate of drug-likeness (QED) is 0.669. The minimum absolute atomic E-state index is 0.0594. The fourth-order valence-electron chi connectivity index (χ4n) is 2.08.